The summed E-state index contributed by atoms with van der Waals surface area (Å²) in [6.07, 6.45) is 1.73. The van der Waals surface area contributed by atoms with Crippen molar-refractivity contribution >= 4 is 0 Å². The van der Waals surface area contributed by atoms with Crippen LogP contribution >= 0.6 is 0 Å². The first-order valence-electron chi connectivity index (χ1n) is 3.04. The lowest BCUT2D eigenvalue weighted by Crippen LogP contribution is -1.94. The van der Waals surface area contributed by atoms with Crippen molar-refractivity contribution in [3.63, 3.8) is 0 Å². The predicted octanol–water partition coefficient (Wildman–Crippen LogP) is 2.17. The summed E-state index contributed by atoms with van der Waals surface area (Å²) >= 11 is 0. The van der Waals surface area contributed by atoms with E-state index in [-0.39, 0.29) is 12.1 Å². The molecule has 0 N–H and O–H groups in total. The van der Waals surface area contributed by atoms with E-state index in [2.05, 4.69) is 15.0 Å². The van der Waals surface area contributed by atoms with E-state index in [0.717, 1.165) is 12.4 Å². The van der Waals surface area contributed by atoms with E-state index < -0.39 is 11.6 Å². The van der Waals surface area contributed by atoms with E-state index in [1.54, 1.807) is 0 Å². The Balaban J connectivity index is 3.03. The minimum absolute atomic E-state index is 0.261. The number of rotatable bonds is 2. The molecule has 12 heavy (non-hydrogen) atoms. The zero-order valence-electron chi connectivity index (χ0n) is 5.91. The average molecular weight is 170 g/mol. The molecule has 0 fully saturated rings. The Labute approximate surface area is 66.5 Å². The third kappa shape index (κ3) is 1.67. The Morgan fingerprint density at radius 1 is 1.42 bits per heavy atom. The monoisotopic (exact) mass is 170 g/mol. The molecule has 6 heteroatoms. The number of aromatic nitrogens is 1. The maximum atomic E-state index is 12.7. The molecule has 0 bridgehead atoms. The van der Waals surface area contributed by atoms with E-state index in [4.69, 9.17) is 5.53 Å². The van der Waals surface area contributed by atoms with Crippen molar-refractivity contribution in [3.8, 4) is 0 Å². The zero-order chi connectivity index (χ0) is 8.97. The molecule has 4 nitrogen and oxygen atoms in total. The van der Waals surface area contributed by atoms with Gasteiger partial charge in [-0.2, -0.15) is 0 Å². The van der Waals surface area contributed by atoms with E-state index in [1.807, 2.05) is 0 Å². The summed E-state index contributed by atoms with van der Waals surface area (Å²) in [5, 5.41) is 3.04. The van der Waals surface area contributed by atoms with E-state index in [0.29, 0.717) is 0 Å². The van der Waals surface area contributed by atoms with Crippen molar-refractivity contribution in [2.45, 2.75) is 6.54 Å². The molecule has 0 saturated heterocycles. The van der Waals surface area contributed by atoms with Crippen molar-refractivity contribution in [1.29, 1.82) is 0 Å². The van der Waals surface area contributed by atoms with Gasteiger partial charge in [0.2, 0.25) is 0 Å². The fraction of sp³-hybridized carbons (Fsp3) is 0.167. The van der Waals surface area contributed by atoms with Crippen LogP contribution in [0.5, 0.6) is 0 Å². The fourth-order valence-corrected chi connectivity index (χ4v) is 0.691. The number of pyridine rings is 1. The topological polar surface area (TPSA) is 61.7 Å². The van der Waals surface area contributed by atoms with Gasteiger partial charge in [-0.05, 0) is 5.53 Å². The number of hydrogen-bond donors (Lipinski definition) is 0. The zero-order valence-corrected chi connectivity index (χ0v) is 5.91. The summed E-state index contributed by atoms with van der Waals surface area (Å²) in [7, 11) is 0. The highest BCUT2D eigenvalue weighted by molar-refractivity contribution is 5.14. The van der Waals surface area contributed by atoms with Gasteiger partial charge in [0.15, 0.2) is 0 Å². The molecule has 1 aromatic heterocycles. The highest BCUT2D eigenvalue weighted by Gasteiger charge is 2.06. The van der Waals surface area contributed by atoms with Crippen molar-refractivity contribution in [3.05, 3.63) is 40.0 Å². The quantitative estimate of drug-likeness (QED) is 0.381. The SMILES string of the molecule is [N-]=[N+]=NCc1c(F)cncc1F. The largest absolute Gasteiger partial charge is 0.259 e. The third-order valence-electron chi connectivity index (χ3n) is 1.24. The second-order valence-electron chi connectivity index (χ2n) is 1.97. The molecule has 0 amide bonds. The Morgan fingerprint density at radius 3 is 2.50 bits per heavy atom. The minimum Gasteiger partial charge on any atom is -0.259 e. The molecule has 0 aliphatic rings. The molecule has 1 heterocycles. The van der Waals surface area contributed by atoms with Crippen LogP contribution in [-0.2, 0) is 6.54 Å². The van der Waals surface area contributed by atoms with Crippen LogP contribution in [0.3, 0.4) is 0 Å². The molecule has 0 atom stereocenters. The first-order chi connectivity index (χ1) is 5.75. The van der Waals surface area contributed by atoms with Crippen LogP contribution < -0.4 is 0 Å². The Bertz CT molecular complexity index is 312. The molecule has 0 unspecified atom stereocenters. The summed E-state index contributed by atoms with van der Waals surface area (Å²) in [6.45, 7) is -0.337. The molecule has 62 valence electrons. The Morgan fingerprint density at radius 2 is 2.00 bits per heavy atom. The van der Waals surface area contributed by atoms with Crippen LogP contribution in [0.4, 0.5) is 8.78 Å². The maximum Gasteiger partial charge on any atom is 0.147 e. The first kappa shape index (κ1) is 8.42. The average Bonchev–Trinajstić information content (AvgIpc) is 2.04. The highest BCUT2D eigenvalue weighted by Crippen LogP contribution is 2.10. The van der Waals surface area contributed by atoms with E-state index in [1.165, 1.54) is 0 Å². The van der Waals surface area contributed by atoms with Crippen molar-refractivity contribution in [2.24, 2.45) is 5.11 Å². The summed E-state index contributed by atoms with van der Waals surface area (Å²) < 4.78 is 25.4. The fourth-order valence-electron chi connectivity index (χ4n) is 0.691. The van der Waals surface area contributed by atoms with Gasteiger partial charge >= 0.3 is 0 Å². The second-order valence-corrected chi connectivity index (χ2v) is 1.97. The van der Waals surface area contributed by atoms with Crippen LogP contribution in [0.25, 0.3) is 10.4 Å². The molecule has 0 aliphatic heterocycles. The molecule has 0 aromatic carbocycles. The van der Waals surface area contributed by atoms with E-state index >= 15 is 0 Å². The first-order valence-corrected chi connectivity index (χ1v) is 3.04. The number of nitrogens with zero attached hydrogens (tertiary/aromatic N) is 4. The normalized spacial score (nSPS) is 9.17. The molecule has 1 rings (SSSR count). The summed E-state index contributed by atoms with van der Waals surface area (Å²) in [5.74, 6) is -1.61. The lowest BCUT2D eigenvalue weighted by Gasteiger charge is -1.97. The summed E-state index contributed by atoms with van der Waals surface area (Å²) in [4.78, 5) is 5.65. The molecule has 0 spiro atoms. The van der Waals surface area contributed by atoms with Gasteiger partial charge in [0.25, 0.3) is 0 Å². The van der Waals surface area contributed by atoms with Gasteiger partial charge in [-0.1, -0.05) is 5.11 Å². The van der Waals surface area contributed by atoms with Crippen molar-refractivity contribution in [2.75, 3.05) is 0 Å². The standard InChI is InChI=1S/C6H4F2N4/c7-5-2-10-3-6(8)4(5)1-11-12-9/h2-3H,1H2. The van der Waals surface area contributed by atoms with Crippen LogP contribution in [0.15, 0.2) is 17.5 Å². The molecule has 0 aliphatic carbocycles. The number of azide groups is 1. The lowest BCUT2D eigenvalue weighted by atomic mass is 10.2. The van der Waals surface area contributed by atoms with Gasteiger partial charge in [0, 0.05) is 10.5 Å². The van der Waals surface area contributed by atoms with Gasteiger partial charge in [0.1, 0.15) is 11.6 Å². The van der Waals surface area contributed by atoms with Crippen LogP contribution in [0.1, 0.15) is 5.56 Å². The number of hydrogen-bond acceptors (Lipinski definition) is 2. The third-order valence-corrected chi connectivity index (χ3v) is 1.24. The molecule has 0 saturated carbocycles. The molecule has 1 aromatic rings. The van der Waals surface area contributed by atoms with Crippen molar-refractivity contribution < 1.29 is 8.78 Å². The smallest absolute Gasteiger partial charge is 0.147 e. The molecule has 0 radical (unpaired) electrons. The van der Waals surface area contributed by atoms with Crippen LogP contribution in [0, 0.1) is 11.6 Å². The lowest BCUT2D eigenvalue weighted by molar-refractivity contribution is 0.547. The molecular weight excluding hydrogens is 166 g/mol. The van der Waals surface area contributed by atoms with Gasteiger partial charge in [-0.3, -0.25) is 4.98 Å². The van der Waals surface area contributed by atoms with Gasteiger partial charge < -0.3 is 0 Å². The summed E-state index contributed by atoms with van der Waals surface area (Å²) in [6, 6.07) is 0. The molecular formula is C6H4F2N4. The van der Waals surface area contributed by atoms with Gasteiger partial charge in [0.05, 0.1) is 18.9 Å². The van der Waals surface area contributed by atoms with Crippen molar-refractivity contribution in [1.82, 2.24) is 4.98 Å². The predicted molar refractivity (Wildman–Crippen MR) is 37.0 cm³/mol. The summed E-state index contributed by atoms with van der Waals surface area (Å²) in [5.41, 5.74) is 7.65. The highest BCUT2D eigenvalue weighted by atomic mass is 19.1. The van der Waals surface area contributed by atoms with Crippen LogP contribution in [0.2, 0.25) is 0 Å². The van der Waals surface area contributed by atoms with Gasteiger partial charge in [-0.15, -0.1) is 0 Å². The minimum atomic E-state index is -0.803. The van der Waals surface area contributed by atoms with Gasteiger partial charge in [-0.25, -0.2) is 8.78 Å². The number of halogens is 2. The maximum absolute atomic E-state index is 12.7. The van der Waals surface area contributed by atoms with E-state index in [9.17, 15) is 8.78 Å². The second kappa shape index (κ2) is 3.64. The Kier molecular flexibility index (Phi) is 2.55. The van der Waals surface area contributed by atoms with Crippen LogP contribution in [-0.4, -0.2) is 4.98 Å². The Hall–Kier alpha value is -1.68.